The summed E-state index contributed by atoms with van der Waals surface area (Å²) in [4.78, 5) is 8.35. The number of fused-ring (bicyclic) bond motifs is 1. The highest BCUT2D eigenvalue weighted by Crippen LogP contribution is 2.37. The highest BCUT2D eigenvalue weighted by atomic mass is 19.4. The van der Waals surface area contributed by atoms with Crippen LogP contribution in [0, 0.1) is 6.92 Å². The van der Waals surface area contributed by atoms with Crippen molar-refractivity contribution in [3.05, 3.63) is 29.0 Å². The van der Waals surface area contributed by atoms with E-state index in [2.05, 4.69) is 20.1 Å². The van der Waals surface area contributed by atoms with Gasteiger partial charge >= 0.3 is 6.18 Å². The van der Waals surface area contributed by atoms with Gasteiger partial charge in [-0.2, -0.15) is 13.2 Å². The number of hydrogen-bond acceptors (Lipinski definition) is 6. The van der Waals surface area contributed by atoms with Crippen LogP contribution in [0.3, 0.4) is 0 Å². The molecule has 4 rings (SSSR count). The van der Waals surface area contributed by atoms with E-state index in [0.29, 0.717) is 42.8 Å². The standard InChI is InChI=1S/C17H23F3N6O/c1-11-22-23-14(27-11)10-25-7-8-26-13(9-25)15(21-16(26)17(18,19)20)12-3-5-24(2)6-4-12/h12H,3-10H2,1-2H3. The average Bonchev–Trinajstić information content (AvgIpc) is 3.19. The number of aromatic nitrogens is 4. The second-order valence-corrected chi connectivity index (χ2v) is 7.42. The van der Waals surface area contributed by atoms with Gasteiger partial charge in [0, 0.05) is 32.5 Å². The first-order valence-corrected chi connectivity index (χ1v) is 9.17. The summed E-state index contributed by atoms with van der Waals surface area (Å²) >= 11 is 0. The molecular formula is C17H23F3N6O. The Balaban J connectivity index is 1.62. The number of alkyl halides is 3. The van der Waals surface area contributed by atoms with Crippen molar-refractivity contribution < 1.29 is 17.6 Å². The van der Waals surface area contributed by atoms with Gasteiger partial charge in [-0.15, -0.1) is 10.2 Å². The molecule has 0 radical (unpaired) electrons. The molecular weight excluding hydrogens is 361 g/mol. The first-order chi connectivity index (χ1) is 12.8. The van der Waals surface area contributed by atoms with E-state index in [1.807, 2.05) is 11.9 Å². The predicted molar refractivity (Wildman–Crippen MR) is 89.9 cm³/mol. The van der Waals surface area contributed by atoms with E-state index < -0.39 is 12.0 Å². The van der Waals surface area contributed by atoms with Crippen LogP contribution in [0.2, 0.25) is 0 Å². The number of hydrogen-bond donors (Lipinski definition) is 0. The minimum absolute atomic E-state index is 0.0733. The third kappa shape index (κ3) is 3.73. The summed E-state index contributed by atoms with van der Waals surface area (Å²) in [5.41, 5.74) is 1.29. The first kappa shape index (κ1) is 18.4. The molecule has 2 aromatic heterocycles. The molecule has 2 aromatic rings. The zero-order valence-electron chi connectivity index (χ0n) is 15.5. The maximum absolute atomic E-state index is 13.5. The molecule has 0 unspecified atom stereocenters. The minimum Gasteiger partial charge on any atom is -0.424 e. The van der Waals surface area contributed by atoms with Gasteiger partial charge in [0.05, 0.1) is 17.9 Å². The van der Waals surface area contributed by atoms with Crippen LogP contribution in [-0.2, 0) is 25.8 Å². The SMILES string of the molecule is Cc1nnc(CN2CCn3c(C(F)(F)F)nc(C4CCN(C)CC4)c3C2)o1. The summed E-state index contributed by atoms with van der Waals surface area (Å²) in [6, 6.07) is 0. The third-order valence-corrected chi connectivity index (χ3v) is 5.40. The van der Waals surface area contributed by atoms with E-state index in [-0.39, 0.29) is 12.5 Å². The molecule has 7 nitrogen and oxygen atoms in total. The summed E-state index contributed by atoms with van der Waals surface area (Å²) in [5.74, 6) is 0.277. The van der Waals surface area contributed by atoms with Gasteiger partial charge in [-0.25, -0.2) is 4.98 Å². The predicted octanol–water partition coefficient (Wildman–Crippen LogP) is 2.42. The molecule has 148 valence electrons. The smallest absolute Gasteiger partial charge is 0.424 e. The van der Waals surface area contributed by atoms with E-state index in [1.165, 1.54) is 4.57 Å². The molecule has 4 heterocycles. The monoisotopic (exact) mass is 384 g/mol. The van der Waals surface area contributed by atoms with Crippen LogP contribution in [0.4, 0.5) is 13.2 Å². The molecule has 0 atom stereocenters. The van der Waals surface area contributed by atoms with Crippen LogP contribution >= 0.6 is 0 Å². The van der Waals surface area contributed by atoms with Crippen molar-refractivity contribution in [2.45, 2.75) is 51.5 Å². The van der Waals surface area contributed by atoms with E-state index in [0.717, 1.165) is 25.9 Å². The van der Waals surface area contributed by atoms with Crippen molar-refractivity contribution >= 4 is 0 Å². The van der Waals surface area contributed by atoms with Gasteiger partial charge in [0.2, 0.25) is 17.6 Å². The second-order valence-electron chi connectivity index (χ2n) is 7.42. The average molecular weight is 384 g/mol. The zero-order chi connectivity index (χ0) is 19.2. The van der Waals surface area contributed by atoms with Gasteiger partial charge in [-0.05, 0) is 33.0 Å². The van der Waals surface area contributed by atoms with Gasteiger partial charge in [-0.1, -0.05) is 0 Å². The number of piperidine rings is 1. The zero-order valence-corrected chi connectivity index (χ0v) is 15.5. The quantitative estimate of drug-likeness (QED) is 0.810. The summed E-state index contributed by atoms with van der Waals surface area (Å²) in [6.07, 6.45) is -2.77. The van der Waals surface area contributed by atoms with Crippen molar-refractivity contribution in [3.63, 3.8) is 0 Å². The lowest BCUT2D eigenvalue weighted by Gasteiger charge is -2.31. The number of halogens is 3. The molecule has 10 heteroatoms. The van der Waals surface area contributed by atoms with Crippen molar-refractivity contribution in [2.75, 3.05) is 26.7 Å². The normalized spacial score (nSPS) is 20.2. The highest BCUT2D eigenvalue weighted by molar-refractivity contribution is 5.25. The Morgan fingerprint density at radius 1 is 1.11 bits per heavy atom. The fourth-order valence-corrected chi connectivity index (χ4v) is 4.00. The highest BCUT2D eigenvalue weighted by Gasteiger charge is 2.41. The van der Waals surface area contributed by atoms with Gasteiger partial charge in [0.15, 0.2) is 0 Å². The van der Waals surface area contributed by atoms with Crippen molar-refractivity contribution in [1.29, 1.82) is 0 Å². The molecule has 0 saturated carbocycles. The molecule has 0 aromatic carbocycles. The van der Waals surface area contributed by atoms with E-state index in [4.69, 9.17) is 4.42 Å². The Labute approximate surface area is 155 Å². The van der Waals surface area contributed by atoms with Crippen LogP contribution < -0.4 is 0 Å². The lowest BCUT2D eigenvalue weighted by Crippen LogP contribution is -2.35. The number of nitrogens with zero attached hydrogens (tertiary/aromatic N) is 6. The molecule has 2 aliphatic rings. The molecule has 0 amide bonds. The minimum atomic E-state index is -4.44. The van der Waals surface area contributed by atoms with Crippen LogP contribution in [0.1, 0.15) is 47.8 Å². The Morgan fingerprint density at radius 3 is 2.48 bits per heavy atom. The molecule has 0 aliphatic carbocycles. The van der Waals surface area contributed by atoms with Crippen molar-refractivity contribution in [3.8, 4) is 0 Å². The number of likely N-dealkylation sites (tertiary alicyclic amines) is 1. The molecule has 0 bridgehead atoms. The lowest BCUT2D eigenvalue weighted by molar-refractivity contribution is -0.147. The summed E-state index contributed by atoms with van der Waals surface area (Å²) in [6.45, 7) is 5.06. The van der Waals surface area contributed by atoms with Gasteiger partial charge < -0.3 is 13.9 Å². The lowest BCUT2D eigenvalue weighted by atomic mass is 9.92. The van der Waals surface area contributed by atoms with Crippen LogP contribution in [0.15, 0.2) is 4.42 Å². The van der Waals surface area contributed by atoms with Crippen LogP contribution in [0.5, 0.6) is 0 Å². The van der Waals surface area contributed by atoms with Crippen molar-refractivity contribution in [2.24, 2.45) is 0 Å². The van der Waals surface area contributed by atoms with Crippen LogP contribution in [0.25, 0.3) is 0 Å². The summed E-state index contributed by atoms with van der Waals surface area (Å²) < 4.78 is 47.4. The summed E-state index contributed by atoms with van der Waals surface area (Å²) in [5, 5.41) is 7.81. The van der Waals surface area contributed by atoms with Gasteiger partial charge in [0.25, 0.3) is 0 Å². The van der Waals surface area contributed by atoms with E-state index in [9.17, 15) is 13.2 Å². The largest absolute Gasteiger partial charge is 0.449 e. The fourth-order valence-electron chi connectivity index (χ4n) is 4.00. The Hall–Kier alpha value is -1.94. The number of rotatable bonds is 3. The second kappa shape index (κ2) is 6.90. The first-order valence-electron chi connectivity index (χ1n) is 9.17. The Morgan fingerprint density at radius 2 is 1.85 bits per heavy atom. The Kier molecular flexibility index (Phi) is 4.71. The maximum Gasteiger partial charge on any atom is 0.449 e. The fraction of sp³-hybridized carbons (Fsp3) is 0.706. The van der Waals surface area contributed by atoms with E-state index in [1.54, 1.807) is 6.92 Å². The van der Waals surface area contributed by atoms with Gasteiger partial charge in [-0.3, -0.25) is 4.90 Å². The molecule has 0 N–H and O–H groups in total. The molecule has 1 saturated heterocycles. The topological polar surface area (TPSA) is 63.2 Å². The summed E-state index contributed by atoms with van der Waals surface area (Å²) in [7, 11) is 2.04. The molecule has 1 fully saturated rings. The van der Waals surface area contributed by atoms with Gasteiger partial charge in [0.1, 0.15) is 0 Å². The molecule has 2 aliphatic heterocycles. The molecule has 0 spiro atoms. The Bertz CT molecular complexity index is 806. The van der Waals surface area contributed by atoms with Crippen molar-refractivity contribution in [1.82, 2.24) is 29.5 Å². The number of imidazole rings is 1. The van der Waals surface area contributed by atoms with Crippen LogP contribution in [-0.4, -0.2) is 56.2 Å². The third-order valence-electron chi connectivity index (χ3n) is 5.40. The maximum atomic E-state index is 13.5. The van der Waals surface area contributed by atoms with E-state index >= 15 is 0 Å². The molecule has 27 heavy (non-hydrogen) atoms. The number of aryl methyl sites for hydroxylation is 1.